The van der Waals surface area contributed by atoms with Gasteiger partial charge in [0.1, 0.15) is 12.3 Å². The summed E-state index contributed by atoms with van der Waals surface area (Å²) >= 11 is 0. The number of benzene rings is 2. The molecule has 0 aromatic heterocycles. The first-order chi connectivity index (χ1) is 20.7. The zero-order valence-electron chi connectivity index (χ0n) is 27.9. The minimum Gasteiger partial charge on any atom is -1.00 e. The van der Waals surface area contributed by atoms with E-state index in [9.17, 15) is 0 Å². The van der Waals surface area contributed by atoms with Gasteiger partial charge >= 0.3 is 0 Å². The molecule has 5 heteroatoms. The Balaban J connectivity index is 0.00000645. The molecule has 242 valence electrons. The zero-order chi connectivity index (χ0) is 29.8. The van der Waals surface area contributed by atoms with Crippen molar-refractivity contribution in [2.24, 2.45) is 0 Å². The Morgan fingerprint density at radius 3 is 1.88 bits per heavy atom. The van der Waals surface area contributed by atoms with Crippen LogP contribution in [0.1, 0.15) is 140 Å². The molecule has 0 amide bonds. The van der Waals surface area contributed by atoms with Crippen molar-refractivity contribution in [2.75, 3.05) is 26.9 Å². The molecular weight excluding hydrogens is 645 g/mol. The highest BCUT2D eigenvalue weighted by Gasteiger charge is 2.30. The maximum Gasteiger partial charge on any atom is 0.184 e. The highest BCUT2D eigenvalue weighted by molar-refractivity contribution is 5.99. The summed E-state index contributed by atoms with van der Waals surface area (Å²) in [6.07, 6.45) is 21.9. The van der Waals surface area contributed by atoms with Crippen LogP contribution >= 0.6 is 0 Å². The summed E-state index contributed by atoms with van der Waals surface area (Å²) in [5.41, 5.74) is 5.52. The molecular formula is C38H60INO3. The van der Waals surface area contributed by atoms with Gasteiger partial charge in [-0.15, -0.1) is 0 Å². The van der Waals surface area contributed by atoms with Crippen LogP contribution < -0.4 is 38.2 Å². The Kier molecular flexibility index (Phi) is 19.8. The van der Waals surface area contributed by atoms with Crippen LogP contribution in [0, 0.1) is 0 Å². The number of hydrogen-bond donors (Lipinski definition) is 0. The molecule has 43 heavy (non-hydrogen) atoms. The summed E-state index contributed by atoms with van der Waals surface area (Å²) in [5.74, 6) is 2.82. The minimum atomic E-state index is 0. The lowest BCUT2D eigenvalue weighted by Gasteiger charge is -2.23. The van der Waals surface area contributed by atoms with Gasteiger partial charge in [0.25, 0.3) is 0 Å². The van der Waals surface area contributed by atoms with Gasteiger partial charge in [-0.05, 0) is 56.2 Å². The molecule has 0 saturated heterocycles. The maximum atomic E-state index is 6.55. The van der Waals surface area contributed by atoms with Crippen molar-refractivity contribution in [3.63, 3.8) is 0 Å². The van der Waals surface area contributed by atoms with Crippen molar-refractivity contribution in [3.05, 3.63) is 53.1 Å². The molecule has 0 saturated carbocycles. The van der Waals surface area contributed by atoms with E-state index >= 15 is 0 Å². The van der Waals surface area contributed by atoms with E-state index in [1.54, 1.807) is 7.11 Å². The Morgan fingerprint density at radius 1 is 0.674 bits per heavy atom. The number of rotatable bonds is 23. The summed E-state index contributed by atoms with van der Waals surface area (Å²) in [5, 5.41) is 0. The topological polar surface area (TPSA) is 30.7 Å². The molecule has 0 atom stereocenters. The van der Waals surface area contributed by atoms with Crippen LogP contribution in [-0.2, 0) is 13.0 Å². The average molecular weight is 706 g/mol. The van der Waals surface area contributed by atoms with Crippen LogP contribution in [0.5, 0.6) is 17.2 Å². The molecule has 2 aromatic rings. The third-order valence-corrected chi connectivity index (χ3v) is 8.64. The maximum absolute atomic E-state index is 6.55. The second-order valence-electron chi connectivity index (χ2n) is 12.0. The van der Waals surface area contributed by atoms with Crippen molar-refractivity contribution in [1.82, 2.24) is 0 Å². The molecule has 0 bridgehead atoms. The summed E-state index contributed by atoms with van der Waals surface area (Å²) in [6, 6.07) is 13.0. The van der Waals surface area contributed by atoms with Crippen molar-refractivity contribution in [2.45, 2.75) is 136 Å². The number of fused-ring (bicyclic) bond motifs is 1. The fourth-order valence-corrected chi connectivity index (χ4v) is 6.18. The number of halogens is 1. The van der Waals surface area contributed by atoms with Crippen molar-refractivity contribution < 1.29 is 42.8 Å². The van der Waals surface area contributed by atoms with Crippen LogP contribution in [0.2, 0.25) is 0 Å². The number of hydrogen-bond acceptors (Lipinski definition) is 3. The van der Waals surface area contributed by atoms with Crippen molar-refractivity contribution in [3.8, 4) is 17.2 Å². The van der Waals surface area contributed by atoms with Gasteiger partial charge in [-0.2, -0.15) is 0 Å². The summed E-state index contributed by atoms with van der Waals surface area (Å²) in [7, 11) is 1.73. The highest BCUT2D eigenvalue weighted by Crippen LogP contribution is 2.37. The van der Waals surface area contributed by atoms with Gasteiger partial charge in [0.15, 0.2) is 23.8 Å². The lowest BCUT2D eigenvalue weighted by molar-refractivity contribution is -0.545. The van der Waals surface area contributed by atoms with Gasteiger partial charge in [0.05, 0.1) is 20.3 Å². The summed E-state index contributed by atoms with van der Waals surface area (Å²) in [6.45, 7) is 9.99. The number of nitrogens with zero attached hydrogens (tertiary/aromatic N) is 1. The molecule has 1 aliphatic heterocycles. The predicted molar refractivity (Wildman–Crippen MR) is 178 cm³/mol. The molecule has 1 heterocycles. The number of unbranched alkanes of at least 4 members (excludes halogenated alkanes) is 13. The van der Waals surface area contributed by atoms with Crippen molar-refractivity contribution >= 4 is 5.71 Å². The minimum absolute atomic E-state index is 0. The third kappa shape index (κ3) is 13.0. The Hall–Kier alpha value is -1.76. The van der Waals surface area contributed by atoms with Crippen molar-refractivity contribution in [1.29, 1.82) is 0 Å². The average Bonchev–Trinajstić information content (AvgIpc) is 3.01. The fourth-order valence-electron chi connectivity index (χ4n) is 6.18. The first-order valence-electron chi connectivity index (χ1n) is 17.4. The van der Waals surface area contributed by atoms with Crippen LogP contribution in [-0.4, -0.2) is 37.2 Å². The van der Waals surface area contributed by atoms with Crippen LogP contribution in [0.3, 0.4) is 0 Å². The molecule has 3 rings (SSSR count). The summed E-state index contributed by atoms with van der Waals surface area (Å²) in [4.78, 5) is 0. The molecule has 2 aromatic carbocycles. The van der Waals surface area contributed by atoms with Gasteiger partial charge in [-0.3, -0.25) is 0 Å². The quantitative estimate of drug-likeness (QED) is 0.0691. The highest BCUT2D eigenvalue weighted by atomic mass is 127. The van der Waals surface area contributed by atoms with E-state index < -0.39 is 0 Å². The van der Waals surface area contributed by atoms with E-state index in [0.717, 1.165) is 56.2 Å². The Labute approximate surface area is 281 Å². The Morgan fingerprint density at radius 2 is 1.28 bits per heavy atom. The van der Waals surface area contributed by atoms with Gasteiger partial charge in [-0.25, -0.2) is 4.58 Å². The standard InChI is InChI=1S/C38H60NO3.HI/c1-5-8-10-12-14-15-16-17-19-21-36-34-26-27-37(41-7-3)38(42-30-20-18-13-11-9-6-2)35(34)28-29-39(36)31-32-22-24-33(40-4)25-23-32;/h22-27H,5-21,28-31H2,1-4H3;1H/q+1;/p-1. The second-order valence-corrected chi connectivity index (χ2v) is 12.0. The third-order valence-electron chi connectivity index (χ3n) is 8.64. The molecule has 0 unspecified atom stereocenters. The van der Waals surface area contributed by atoms with Gasteiger partial charge in [-0.1, -0.05) is 97.3 Å². The van der Waals surface area contributed by atoms with E-state index in [-0.39, 0.29) is 24.0 Å². The largest absolute Gasteiger partial charge is 1.00 e. The number of ether oxygens (including phenoxy) is 3. The van der Waals surface area contributed by atoms with Crippen LogP contribution in [0.15, 0.2) is 36.4 Å². The molecule has 0 N–H and O–H groups in total. The SMILES string of the molecule is CCCCCCCCCCCC1=[N+](Cc2ccc(OC)cc2)CCc2c1ccc(OCC)c2OCCCCCCCC.[I-]. The Bertz CT molecular complexity index is 1050. The molecule has 0 radical (unpaired) electrons. The second kappa shape index (κ2) is 22.7. The summed E-state index contributed by atoms with van der Waals surface area (Å²) < 4.78 is 20.7. The molecule has 0 spiro atoms. The van der Waals surface area contributed by atoms with E-state index in [0.29, 0.717) is 6.61 Å². The first-order valence-corrected chi connectivity index (χ1v) is 17.4. The normalized spacial score (nSPS) is 12.6. The molecule has 0 aliphatic carbocycles. The van der Waals surface area contributed by atoms with E-state index in [1.807, 2.05) is 0 Å². The smallest absolute Gasteiger partial charge is 0.184 e. The molecule has 0 fully saturated rings. The van der Waals surface area contributed by atoms with Gasteiger partial charge in [0, 0.05) is 29.5 Å². The zero-order valence-corrected chi connectivity index (χ0v) is 30.0. The van der Waals surface area contributed by atoms with E-state index in [1.165, 1.54) is 112 Å². The van der Waals surface area contributed by atoms with Crippen LogP contribution in [0.4, 0.5) is 0 Å². The number of methoxy groups -OCH3 is 1. The lowest BCUT2D eigenvalue weighted by atomic mass is 9.91. The lowest BCUT2D eigenvalue weighted by Crippen LogP contribution is -3.00. The van der Waals surface area contributed by atoms with E-state index in [2.05, 4.69) is 61.7 Å². The van der Waals surface area contributed by atoms with E-state index in [4.69, 9.17) is 14.2 Å². The predicted octanol–water partition coefficient (Wildman–Crippen LogP) is 7.32. The molecule has 1 aliphatic rings. The van der Waals surface area contributed by atoms with Gasteiger partial charge < -0.3 is 38.2 Å². The van der Waals surface area contributed by atoms with Gasteiger partial charge in [0.2, 0.25) is 0 Å². The monoisotopic (exact) mass is 705 g/mol. The fraction of sp³-hybridized carbons (Fsp3) is 0.658. The first kappa shape index (κ1) is 37.4. The molecule has 4 nitrogen and oxygen atoms in total. The van der Waals surface area contributed by atoms with Crippen LogP contribution in [0.25, 0.3) is 0 Å².